The summed E-state index contributed by atoms with van der Waals surface area (Å²) >= 11 is 0. The number of ether oxygens (including phenoxy) is 2. The summed E-state index contributed by atoms with van der Waals surface area (Å²) in [7, 11) is 1.31. The molecule has 2 rings (SSSR count). The van der Waals surface area contributed by atoms with Gasteiger partial charge in [-0.15, -0.1) is 12.4 Å². The smallest absolute Gasteiger partial charge is 0.408 e. The van der Waals surface area contributed by atoms with Gasteiger partial charge in [0.05, 0.1) is 7.11 Å². The maximum Gasteiger partial charge on any atom is 0.408 e. The van der Waals surface area contributed by atoms with Crippen molar-refractivity contribution in [2.24, 2.45) is 0 Å². The number of rotatable bonds is 2. The van der Waals surface area contributed by atoms with Crippen molar-refractivity contribution in [2.45, 2.75) is 12.0 Å². The topological polar surface area (TPSA) is 67.8 Å². The van der Waals surface area contributed by atoms with Gasteiger partial charge in [0.2, 0.25) is 0 Å². The van der Waals surface area contributed by atoms with Gasteiger partial charge >= 0.3 is 12.0 Å². The van der Waals surface area contributed by atoms with E-state index in [2.05, 4.69) is 4.74 Å². The fourth-order valence-electron chi connectivity index (χ4n) is 1.71. The van der Waals surface area contributed by atoms with Gasteiger partial charge in [0.25, 0.3) is 0 Å². The molecular weight excluding hydrogens is 284 g/mol. The second-order valence-corrected chi connectivity index (χ2v) is 3.85. The lowest BCUT2D eigenvalue weighted by molar-refractivity contribution is -0.104. The molecule has 1 aliphatic rings. The molecule has 5 nitrogen and oxygen atoms in total. The number of hydrogen-bond acceptors (Lipinski definition) is 4. The van der Waals surface area contributed by atoms with E-state index in [0.717, 1.165) is 0 Å². The van der Waals surface area contributed by atoms with Gasteiger partial charge in [-0.05, 0) is 17.7 Å². The van der Waals surface area contributed by atoms with Crippen LogP contribution in [0.3, 0.4) is 0 Å². The molecule has 1 fully saturated rings. The van der Waals surface area contributed by atoms with E-state index >= 15 is 0 Å². The van der Waals surface area contributed by atoms with Crippen molar-refractivity contribution in [2.75, 3.05) is 13.7 Å². The van der Waals surface area contributed by atoms with Crippen LogP contribution in [0, 0.1) is 0 Å². The Morgan fingerprint density at radius 1 is 1.53 bits per heavy atom. The van der Waals surface area contributed by atoms with Crippen LogP contribution in [0.5, 0.6) is 11.5 Å². The largest absolute Gasteiger partial charge is 0.504 e. The van der Waals surface area contributed by atoms with E-state index < -0.39 is 24.7 Å². The van der Waals surface area contributed by atoms with Crippen molar-refractivity contribution in [1.29, 1.82) is 0 Å². The van der Waals surface area contributed by atoms with E-state index in [1.807, 2.05) is 5.32 Å². The number of carbonyl (C=O) groups excluding carboxylic acids is 1. The molecule has 106 valence electrons. The maximum absolute atomic E-state index is 13.6. The van der Waals surface area contributed by atoms with Crippen LogP contribution in [-0.2, 0) is 4.74 Å². The number of carbonyl (C=O) groups is 1. The number of phenols is 1. The summed E-state index contributed by atoms with van der Waals surface area (Å²) in [6.45, 7) is -0.979. The summed E-state index contributed by atoms with van der Waals surface area (Å²) in [5, 5.41) is 11.4. The Morgan fingerprint density at radius 2 is 2.21 bits per heavy atom. The van der Waals surface area contributed by atoms with Crippen molar-refractivity contribution in [3.05, 3.63) is 23.8 Å². The monoisotopic (exact) mass is 295 g/mol. The molecule has 0 unspecified atom stereocenters. The number of aromatic hydroxyl groups is 1. The van der Waals surface area contributed by atoms with Crippen LogP contribution in [0.15, 0.2) is 18.2 Å². The zero-order valence-corrected chi connectivity index (χ0v) is 10.7. The van der Waals surface area contributed by atoms with E-state index in [0.29, 0.717) is 0 Å². The van der Waals surface area contributed by atoms with Gasteiger partial charge in [0.15, 0.2) is 18.1 Å². The lowest BCUT2D eigenvalue weighted by Gasteiger charge is -2.31. The molecule has 1 aromatic rings. The molecule has 0 spiro atoms. The molecule has 0 aliphatic carbocycles. The Balaban J connectivity index is 0.00000180. The van der Waals surface area contributed by atoms with Crippen molar-refractivity contribution in [3.8, 4) is 11.5 Å². The Kier molecular flexibility index (Phi) is 4.41. The van der Waals surface area contributed by atoms with E-state index in [4.69, 9.17) is 4.74 Å². The van der Waals surface area contributed by atoms with Crippen LogP contribution in [0.25, 0.3) is 0 Å². The average Bonchev–Trinajstić information content (AvgIpc) is 2.33. The number of halogens is 3. The normalized spacial score (nSPS) is 20.8. The van der Waals surface area contributed by atoms with Gasteiger partial charge in [0.1, 0.15) is 6.04 Å². The number of alkyl carbamates (subject to hydrolysis) is 1. The number of hydrogen-bond donors (Lipinski definition) is 2. The quantitative estimate of drug-likeness (QED) is 0.878. The second-order valence-electron chi connectivity index (χ2n) is 3.85. The molecule has 2 N–H and O–H groups in total. The van der Waals surface area contributed by atoms with Crippen molar-refractivity contribution in [1.82, 2.24) is 5.32 Å². The summed E-state index contributed by atoms with van der Waals surface area (Å²) in [6.07, 6.45) is -0.905. The minimum atomic E-state index is -3.23. The number of nitrogens with one attached hydrogen (secondary N) is 1. The van der Waals surface area contributed by atoms with Crippen molar-refractivity contribution < 1.29 is 28.2 Å². The fourth-order valence-corrected chi connectivity index (χ4v) is 1.71. The Morgan fingerprint density at radius 3 is 2.84 bits per heavy atom. The molecule has 0 radical (unpaired) electrons. The highest BCUT2D eigenvalue weighted by atomic mass is 35.5. The first-order valence-corrected chi connectivity index (χ1v) is 5.12. The molecule has 1 heterocycles. The standard InChI is InChI=1S/C11H11F2NO4.ClH/c1-17-8-4-6(2-3-7(8)15)9-11(12,13)5-18-10(16)14-9;/h2-4,9,15H,5H2,1H3,(H,14,16);1H/t9-;/m0./s1. The predicted octanol–water partition coefficient (Wildman–Crippen LogP) is 2.24. The van der Waals surface area contributed by atoms with E-state index in [1.54, 1.807) is 0 Å². The lowest BCUT2D eigenvalue weighted by Crippen LogP contribution is -2.49. The third-order valence-corrected chi connectivity index (χ3v) is 2.62. The van der Waals surface area contributed by atoms with Crippen LogP contribution in [0.2, 0.25) is 0 Å². The predicted molar refractivity (Wildman–Crippen MR) is 64.1 cm³/mol. The Bertz CT molecular complexity index is 484. The van der Waals surface area contributed by atoms with E-state index in [9.17, 15) is 18.7 Å². The first-order valence-electron chi connectivity index (χ1n) is 5.12. The van der Waals surface area contributed by atoms with Crippen LogP contribution in [-0.4, -0.2) is 30.8 Å². The van der Waals surface area contributed by atoms with Gasteiger partial charge in [-0.3, -0.25) is 0 Å². The molecule has 0 saturated carbocycles. The summed E-state index contributed by atoms with van der Waals surface area (Å²) in [4.78, 5) is 11.0. The molecular formula is C11H12ClF2NO4. The van der Waals surface area contributed by atoms with Gasteiger partial charge in [0, 0.05) is 0 Å². The van der Waals surface area contributed by atoms with Crippen LogP contribution in [0.1, 0.15) is 11.6 Å². The van der Waals surface area contributed by atoms with Crippen LogP contribution in [0.4, 0.5) is 13.6 Å². The number of alkyl halides is 2. The second kappa shape index (κ2) is 5.48. The third-order valence-electron chi connectivity index (χ3n) is 2.62. The van der Waals surface area contributed by atoms with E-state index in [-0.39, 0.29) is 29.5 Å². The van der Waals surface area contributed by atoms with Crippen molar-refractivity contribution >= 4 is 18.5 Å². The highest BCUT2D eigenvalue weighted by Crippen LogP contribution is 2.37. The highest BCUT2D eigenvalue weighted by molar-refractivity contribution is 5.85. The molecule has 1 aliphatic heterocycles. The summed E-state index contributed by atoms with van der Waals surface area (Å²) in [6, 6.07) is 2.26. The molecule has 0 aromatic heterocycles. The van der Waals surface area contributed by atoms with Gasteiger partial charge in [-0.1, -0.05) is 6.07 Å². The molecule has 8 heteroatoms. The first kappa shape index (κ1) is 15.3. The Labute approximate surface area is 113 Å². The first-order chi connectivity index (χ1) is 8.44. The molecule has 1 amide bonds. The summed E-state index contributed by atoms with van der Waals surface area (Å²) in [5.41, 5.74) is 0.131. The molecule has 1 saturated heterocycles. The van der Waals surface area contributed by atoms with Crippen LogP contribution >= 0.6 is 12.4 Å². The van der Waals surface area contributed by atoms with Crippen LogP contribution < -0.4 is 10.1 Å². The SMILES string of the molecule is COc1cc([C@@H]2NC(=O)OCC2(F)F)ccc1O.Cl. The fraction of sp³-hybridized carbons (Fsp3) is 0.364. The number of cyclic esters (lactones) is 1. The molecule has 1 atom stereocenters. The average molecular weight is 296 g/mol. The lowest BCUT2D eigenvalue weighted by atomic mass is 9.99. The zero-order valence-electron chi connectivity index (χ0n) is 9.85. The van der Waals surface area contributed by atoms with Gasteiger partial charge in [-0.25, -0.2) is 13.6 Å². The van der Waals surface area contributed by atoms with E-state index in [1.165, 1.54) is 25.3 Å². The summed E-state index contributed by atoms with van der Waals surface area (Å²) < 4.78 is 36.3. The summed E-state index contributed by atoms with van der Waals surface area (Å²) in [5.74, 6) is -3.33. The number of benzene rings is 1. The van der Waals surface area contributed by atoms with Gasteiger partial charge in [-0.2, -0.15) is 0 Å². The number of methoxy groups -OCH3 is 1. The molecule has 1 aromatic carbocycles. The van der Waals surface area contributed by atoms with Gasteiger partial charge < -0.3 is 19.9 Å². The number of amides is 1. The maximum atomic E-state index is 13.6. The molecule has 0 bridgehead atoms. The zero-order chi connectivity index (χ0) is 13.3. The molecule has 19 heavy (non-hydrogen) atoms. The Hall–Kier alpha value is -1.76. The third kappa shape index (κ3) is 2.98. The minimum absolute atomic E-state index is 0. The highest BCUT2D eigenvalue weighted by Gasteiger charge is 2.46. The van der Waals surface area contributed by atoms with Crippen molar-refractivity contribution in [3.63, 3.8) is 0 Å². The number of phenolic OH excluding ortho intramolecular Hbond substituents is 1. The minimum Gasteiger partial charge on any atom is -0.504 e.